The van der Waals surface area contributed by atoms with Crippen LogP contribution in [0.15, 0.2) is 36.4 Å². The molecule has 10 heteroatoms. The molecule has 0 aliphatic carbocycles. The predicted octanol–water partition coefficient (Wildman–Crippen LogP) is 4.41. The molecule has 2 fully saturated rings. The molecule has 0 aromatic heterocycles. The molecule has 7 nitrogen and oxygen atoms in total. The molecular weight excluding hydrogens is 466 g/mol. The monoisotopic (exact) mass is 490 g/mol. The van der Waals surface area contributed by atoms with E-state index in [9.17, 15) is 18.4 Å². The molecule has 0 saturated carbocycles. The Morgan fingerprint density at radius 3 is 2.76 bits per heavy atom. The summed E-state index contributed by atoms with van der Waals surface area (Å²) in [7, 11) is 0. The van der Waals surface area contributed by atoms with Crippen LogP contribution in [0.2, 0.25) is 5.02 Å². The Hall–Kier alpha value is -3.04. The number of guanidine groups is 1. The largest absolute Gasteiger partial charge is 0.378 e. The van der Waals surface area contributed by atoms with E-state index in [2.05, 4.69) is 10.6 Å². The Balaban J connectivity index is 1.56. The standard InChI is InChI=1S/C24H25ClF2N4O3/c1-13-10-15(8-9-34-13)31-20(32)12-24(2,30-23(31)28)17-4-3-5-19(21(17)25)29-22(33)16-7-6-14(26)11-18(16)27/h3-7,11,13,15H,8-10,12H2,1-2H3,(H2,28,30)(H,29,33)/t13-,15-,24+/m1/s1. The van der Waals surface area contributed by atoms with Gasteiger partial charge < -0.3 is 15.4 Å². The molecule has 0 bridgehead atoms. The van der Waals surface area contributed by atoms with Crippen molar-refractivity contribution in [2.24, 2.45) is 0 Å². The number of amides is 2. The molecule has 2 saturated heterocycles. The highest BCUT2D eigenvalue weighted by molar-refractivity contribution is 6.35. The summed E-state index contributed by atoms with van der Waals surface area (Å²) in [5.41, 5.74) is -0.621. The van der Waals surface area contributed by atoms with E-state index < -0.39 is 23.1 Å². The van der Waals surface area contributed by atoms with Crippen LogP contribution in [0.3, 0.4) is 0 Å². The van der Waals surface area contributed by atoms with Gasteiger partial charge in [-0.2, -0.15) is 0 Å². The Bertz CT molecular complexity index is 1140. The molecule has 3 atom stereocenters. The van der Waals surface area contributed by atoms with E-state index in [1.54, 1.807) is 25.1 Å². The van der Waals surface area contributed by atoms with Crippen molar-refractivity contribution < 1.29 is 23.1 Å². The van der Waals surface area contributed by atoms with Crippen molar-refractivity contribution in [2.45, 2.75) is 50.8 Å². The van der Waals surface area contributed by atoms with Gasteiger partial charge in [-0.1, -0.05) is 23.7 Å². The van der Waals surface area contributed by atoms with E-state index in [0.29, 0.717) is 31.1 Å². The Kier molecular flexibility index (Phi) is 6.60. The lowest BCUT2D eigenvalue weighted by Gasteiger charge is -2.45. The summed E-state index contributed by atoms with van der Waals surface area (Å²) >= 11 is 6.61. The van der Waals surface area contributed by atoms with Gasteiger partial charge in [0.1, 0.15) is 11.6 Å². The lowest BCUT2D eigenvalue weighted by Crippen LogP contribution is -2.63. The van der Waals surface area contributed by atoms with Crippen LogP contribution in [-0.4, -0.2) is 41.4 Å². The Labute approximate surface area is 200 Å². The quantitative estimate of drug-likeness (QED) is 0.591. The fourth-order valence-electron chi connectivity index (χ4n) is 4.55. The van der Waals surface area contributed by atoms with Crippen molar-refractivity contribution in [3.8, 4) is 0 Å². The van der Waals surface area contributed by atoms with Crippen LogP contribution in [-0.2, 0) is 15.1 Å². The molecular formula is C24H25ClF2N4O3. The maximum atomic E-state index is 14.0. The van der Waals surface area contributed by atoms with Gasteiger partial charge in [0.25, 0.3) is 5.91 Å². The highest BCUT2D eigenvalue weighted by atomic mass is 35.5. The van der Waals surface area contributed by atoms with Gasteiger partial charge in [0, 0.05) is 18.7 Å². The summed E-state index contributed by atoms with van der Waals surface area (Å²) in [5, 5.41) is 14.4. The van der Waals surface area contributed by atoms with Gasteiger partial charge in [-0.25, -0.2) is 8.78 Å². The van der Waals surface area contributed by atoms with E-state index in [-0.39, 0.29) is 46.7 Å². The van der Waals surface area contributed by atoms with Gasteiger partial charge in [0.05, 0.1) is 34.3 Å². The number of hydrogen-bond acceptors (Lipinski definition) is 4. The zero-order valence-corrected chi connectivity index (χ0v) is 19.5. The molecule has 2 aromatic carbocycles. The number of carbonyl (C=O) groups is 2. The smallest absolute Gasteiger partial charge is 0.258 e. The Morgan fingerprint density at radius 1 is 1.32 bits per heavy atom. The normalized spacial score (nSPS) is 25.1. The first-order chi connectivity index (χ1) is 16.1. The average molecular weight is 491 g/mol. The Morgan fingerprint density at radius 2 is 2.09 bits per heavy atom. The predicted molar refractivity (Wildman–Crippen MR) is 124 cm³/mol. The number of benzene rings is 2. The van der Waals surface area contributed by atoms with Gasteiger partial charge in [-0.15, -0.1) is 0 Å². The van der Waals surface area contributed by atoms with Crippen molar-refractivity contribution in [2.75, 3.05) is 11.9 Å². The van der Waals surface area contributed by atoms with Crippen LogP contribution in [0.1, 0.15) is 49.0 Å². The zero-order valence-electron chi connectivity index (χ0n) is 18.8. The first-order valence-corrected chi connectivity index (χ1v) is 11.3. The molecule has 2 heterocycles. The molecule has 0 radical (unpaired) electrons. The van der Waals surface area contributed by atoms with Gasteiger partial charge in [-0.3, -0.25) is 19.9 Å². The maximum absolute atomic E-state index is 14.0. The highest BCUT2D eigenvalue weighted by Crippen LogP contribution is 2.38. The van der Waals surface area contributed by atoms with E-state index >= 15 is 0 Å². The van der Waals surface area contributed by atoms with Crippen LogP contribution < -0.4 is 10.6 Å². The van der Waals surface area contributed by atoms with Crippen LogP contribution in [0.4, 0.5) is 14.5 Å². The second-order valence-electron chi connectivity index (χ2n) is 8.85. The van der Waals surface area contributed by atoms with E-state index in [4.69, 9.17) is 21.7 Å². The topological polar surface area (TPSA) is 94.5 Å². The minimum Gasteiger partial charge on any atom is -0.378 e. The van der Waals surface area contributed by atoms with E-state index in [1.807, 2.05) is 6.92 Å². The van der Waals surface area contributed by atoms with Crippen molar-refractivity contribution in [1.82, 2.24) is 10.2 Å². The summed E-state index contributed by atoms with van der Waals surface area (Å²) < 4.78 is 32.8. The molecule has 4 rings (SSSR count). The second kappa shape index (κ2) is 9.31. The lowest BCUT2D eigenvalue weighted by atomic mass is 9.85. The van der Waals surface area contributed by atoms with Crippen molar-refractivity contribution >= 4 is 35.1 Å². The fourth-order valence-corrected chi connectivity index (χ4v) is 4.94. The number of rotatable bonds is 4. The third-order valence-corrected chi connectivity index (χ3v) is 6.66. The van der Waals surface area contributed by atoms with Crippen molar-refractivity contribution in [3.05, 3.63) is 64.2 Å². The van der Waals surface area contributed by atoms with Gasteiger partial charge >= 0.3 is 0 Å². The third-order valence-electron chi connectivity index (χ3n) is 6.25. The zero-order chi connectivity index (χ0) is 24.6. The molecule has 0 spiro atoms. The molecule has 34 heavy (non-hydrogen) atoms. The van der Waals surface area contributed by atoms with Crippen molar-refractivity contribution in [3.63, 3.8) is 0 Å². The number of hydrogen-bond donors (Lipinski definition) is 3. The first kappa shape index (κ1) is 24.1. The molecule has 2 aliphatic heterocycles. The second-order valence-corrected chi connectivity index (χ2v) is 9.23. The summed E-state index contributed by atoms with van der Waals surface area (Å²) in [6, 6.07) is 7.44. The van der Waals surface area contributed by atoms with Crippen molar-refractivity contribution in [1.29, 1.82) is 5.41 Å². The molecule has 0 unspecified atom stereocenters. The summed E-state index contributed by atoms with van der Waals surface area (Å²) in [5.74, 6) is -2.79. The number of halogens is 3. The lowest BCUT2D eigenvalue weighted by molar-refractivity contribution is -0.134. The maximum Gasteiger partial charge on any atom is 0.258 e. The number of anilines is 1. The minimum atomic E-state index is -1.000. The van der Waals surface area contributed by atoms with Gasteiger partial charge in [0.15, 0.2) is 5.96 Å². The summed E-state index contributed by atoms with van der Waals surface area (Å²) in [6.45, 7) is 4.23. The van der Waals surface area contributed by atoms with E-state index in [0.717, 1.165) is 12.1 Å². The van der Waals surface area contributed by atoms with Crippen LogP contribution in [0.25, 0.3) is 0 Å². The molecule has 2 aliphatic rings. The van der Waals surface area contributed by atoms with E-state index in [1.165, 1.54) is 4.90 Å². The molecule has 3 N–H and O–H groups in total. The summed E-state index contributed by atoms with van der Waals surface area (Å²) in [4.78, 5) is 27.2. The van der Waals surface area contributed by atoms with Gasteiger partial charge in [0.2, 0.25) is 5.91 Å². The average Bonchev–Trinajstić information content (AvgIpc) is 2.74. The first-order valence-electron chi connectivity index (χ1n) is 10.9. The van der Waals surface area contributed by atoms with Crippen LogP contribution in [0.5, 0.6) is 0 Å². The van der Waals surface area contributed by atoms with Crippen LogP contribution >= 0.6 is 11.6 Å². The highest BCUT2D eigenvalue weighted by Gasteiger charge is 2.43. The molecule has 180 valence electrons. The number of carbonyl (C=O) groups excluding carboxylic acids is 2. The van der Waals surface area contributed by atoms with Crippen LogP contribution in [0, 0.1) is 17.0 Å². The fraction of sp³-hybridized carbons (Fsp3) is 0.375. The SMILES string of the molecule is C[C@@H]1C[C@H](N2C(=N)N[C@](C)(c3cccc(NC(=O)c4ccc(F)cc4F)c3Cl)CC2=O)CCO1. The summed E-state index contributed by atoms with van der Waals surface area (Å²) in [6.07, 6.45) is 1.35. The number of ether oxygens (including phenoxy) is 1. The molecule has 2 aromatic rings. The third kappa shape index (κ3) is 4.63. The van der Waals surface area contributed by atoms with Gasteiger partial charge in [-0.05, 0) is 50.5 Å². The molecule has 2 amide bonds. The minimum absolute atomic E-state index is 0.00772. The number of nitrogens with one attached hydrogen (secondary N) is 3. The number of nitrogens with zero attached hydrogens (tertiary/aromatic N) is 1.